The van der Waals surface area contributed by atoms with Crippen LogP contribution in [0.2, 0.25) is 5.28 Å². The highest BCUT2D eigenvalue weighted by Gasteiger charge is 2.07. The summed E-state index contributed by atoms with van der Waals surface area (Å²) in [6, 6.07) is 7.75. The first-order valence-electron chi connectivity index (χ1n) is 4.98. The van der Waals surface area contributed by atoms with Gasteiger partial charge in [0.05, 0.1) is 14.2 Å². The first-order chi connectivity index (χ1) is 8.71. The summed E-state index contributed by atoms with van der Waals surface area (Å²) in [4.78, 5) is 12.9. The smallest absolute Gasteiger partial charge is 0.321 e. The van der Waals surface area contributed by atoms with Gasteiger partial charge in [-0.2, -0.15) is 15.0 Å². The second-order valence-electron chi connectivity index (χ2n) is 3.15. The highest BCUT2D eigenvalue weighted by molar-refractivity contribution is 7.99. The van der Waals surface area contributed by atoms with Gasteiger partial charge >= 0.3 is 6.01 Å². The van der Waals surface area contributed by atoms with E-state index in [1.807, 2.05) is 24.3 Å². The molecule has 18 heavy (non-hydrogen) atoms. The number of benzene rings is 1. The molecule has 0 unspecified atom stereocenters. The molecule has 0 bridgehead atoms. The zero-order valence-corrected chi connectivity index (χ0v) is 11.3. The van der Waals surface area contributed by atoms with Gasteiger partial charge in [0.15, 0.2) is 5.16 Å². The third-order valence-electron chi connectivity index (χ3n) is 2.02. The second kappa shape index (κ2) is 5.88. The van der Waals surface area contributed by atoms with E-state index in [0.717, 1.165) is 10.6 Å². The van der Waals surface area contributed by atoms with E-state index in [0.29, 0.717) is 5.16 Å². The normalized spacial score (nSPS) is 10.2. The molecule has 0 N–H and O–H groups in total. The van der Waals surface area contributed by atoms with Gasteiger partial charge in [0.25, 0.3) is 0 Å². The fourth-order valence-corrected chi connectivity index (χ4v) is 2.14. The van der Waals surface area contributed by atoms with Gasteiger partial charge in [0.1, 0.15) is 5.75 Å². The van der Waals surface area contributed by atoms with Gasteiger partial charge in [-0.05, 0) is 47.6 Å². The summed E-state index contributed by atoms with van der Waals surface area (Å²) >= 11 is 7.14. The van der Waals surface area contributed by atoms with Crippen LogP contribution in [0.1, 0.15) is 0 Å². The molecule has 0 aliphatic carbocycles. The average molecular weight is 284 g/mol. The van der Waals surface area contributed by atoms with Crippen LogP contribution < -0.4 is 9.47 Å². The Kier molecular flexibility index (Phi) is 4.22. The molecule has 2 rings (SSSR count). The molecule has 0 radical (unpaired) electrons. The van der Waals surface area contributed by atoms with Gasteiger partial charge in [0, 0.05) is 4.90 Å². The average Bonchev–Trinajstić information content (AvgIpc) is 2.39. The summed E-state index contributed by atoms with van der Waals surface area (Å²) in [5.41, 5.74) is 0. The molecule has 94 valence electrons. The zero-order valence-electron chi connectivity index (χ0n) is 9.75. The van der Waals surface area contributed by atoms with E-state index in [2.05, 4.69) is 15.0 Å². The van der Waals surface area contributed by atoms with Crippen LogP contribution in [-0.4, -0.2) is 29.2 Å². The molecule has 0 saturated heterocycles. The van der Waals surface area contributed by atoms with Crippen molar-refractivity contribution in [3.63, 3.8) is 0 Å². The zero-order chi connectivity index (χ0) is 13.0. The van der Waals surface area contributed by atoms with E-state index in [4.69, 9.17) is 21.1 Å². The van der Waals surface area contributed by atoms with Crippen molar-refractivity contribution < 1.29 is 9.47 Å². The van der Waals surface area contributed by atoms with E-state index < -0.39 is 0 Å². The predicted molar refractivity (Wildman–Crippen MR) is 68.5 cm³/mol. The molecule has 1 aromatic carbocycles. The first kappa shape index (κ1) is 12.9. The Hall–Kier alpha value is -1.53. The Labute approximate surface area is 114 Å². The monoisotopic (exact) mass is 283 g/mol. The van der Waals surface area contributed by atoms with Gasteiger partial charge in [-0.15, -0.1) is 0 Å². The number of methoxy groups -OCH3 is 2. The summed E-state index contributed by atoms with van der Waals surface area (Å²) in [7, 11) is 3.10. The van der Waals surface area contributed by atoms with Crippen molar-refractivity contribution in [2.24, 2.45) is 0 Å². The maximum Gasteiger partial charge on any atom is 0.321 e. The lowest BCUT2D eigenvalue weighted by Crippen LogP contribution is -1.96. The van der Waals surface area contributed by atoms with Crippen LogP contribution in [0.15, 0.2) is 34.3 Å². The molecule has 1 heterocycles. The van der Waals surface area contributed by atoms with E-state index in [9.17, 15) is 0 Å². The molecule has 0 spiro atoms. The number of nitrogens with zero attached hydrogens (tertiary/aromatic N) is 3. The lowest BCUT2D eigenvalue weighted by Gasteiger charge is -2.03. The molecule has 0 atom stereocenters. The second-order valence-corrected chi connectivity index (χ2v) is 4.53. The SMILES string of the molecule is COc1ccc(Sc2nc(Cl)nc(OC)n2)cc1. The fourth-order valence-electron chi connectivity index (χ4n) is 1.20. The summed E-state index contributed by atoms with van der Waals surface area (Å²) < 4.78 is 10.0. The lowest BCUT2D eigenvalue weighted by molar-refractivity contribution is 0.373. The topological polar surface area (TPSA) is 57.1 Å². The maximum atomic E-state index is 5.77. The Bertz CT molecular complexity index is 536. The van der Waals surface area contributed by atoms with Crippen molar-refractivity contribution in [1.29, 1.82) is 0 Å². The first-order valence-corrected chi connectivity index (χ1v) is 6.18. The Morgan fingerprint density at radius 1 is 1.00 bits per heavy atom. The van der Waals surface area contributed by atoms with E-state index in [1.54, 1.807) is 7.11 Å². The molecule has 0 fully saturated rings. The molecular formula is C11H10ClN3O2S. The summed E-state index contributed by atoms with van der Waals surface area (Å²) in [6.45, 7) is 0. The third kappa shape index (κ3) is 3.24. The number of aromatic nitrogens is 3. The maximum absolute atomic E-state index is 5.77. The standard InChI is InChI=1S/C11H10ClN3O2S/c1-16-7-3-5-8(6-4-7)18-11-14-9(12)13-10(15-11)17-2/h3-6H,1-2H3. The minimum Gasteiger partial charge on any atom is -0.497 e. The summed E-state index contributed by atoms with van der Waals surface area (Å²) in [5.74, 6) is 0.797. The Morgan fingerprint density at radius 3 is 2.33 bits per heavy atom. The van der Waals surface area contributed by atoms with Crippen molar-refractivity contribution in [3.05, 3.63) is 29.5 Å². The number of ether oxygens (including phenoxy) is 2. The van der Waals surface area contributed by atoms with E-state index >= 15 is 0 Å². The summed E-state index contributed by atoms with van der Waals surface area (Å²) in [6.07, 6.45) is 0. The van der Waals surface area contributed by atoms with Gasteiger partial charge in [-0.1, -0.05) is 0 Å². The molecule has 0 aliphatic heterocycles. The lowest BCUT2D eigenvalue weighted by atomic mass is 10.3. The van der Waals surface area contributed by atoms with Crippen molar-refractivity contribution in [2.75, 3.05) is 14.2 Å². The number of halogens is 1. The molecule has 5 nitrogen and oxygen atoms in total. The molecule has 0 aliphatic rings. The highest BCUT2D eigenvalue weighted by atomic mass is 35.5. The molecule has 2 aromatic rings. The van der Waals surface area contributed by atoms with E-state index in [-0.39, 0.29) is 11.3 Å². The predicted octanol–water partition coefficient (Wildman–Crippen LogP) is 2.69. The minimum absolute atomic E-state index is 0.109. The van der Waals surface area contributed by atoms with Crippen LogP contribution >= 0.6 is 23.4 Å². The Balaban J connectivity index is 2.19. The van der Waals surface area contributed by atoms with Gasteiger partial charge in [-0.25, -0.2) is 0 Å². The van der Waals surface area contributed by atoms with Crippen molar-refractivity contribution in [3.8, 4) is 11.8 Å². The molecular weight excluding hydrogens is 274 g/mol. The minimum atomic E-state index is 0.109. The van der Waals surface area contributed by atoms with Crippen molar-refractivity contribution in [1.82, 2.24) is 15.0 Å². The van der Waals surface area contributed by atoms with Crippen LogP contribution in [0.4, 0.5) is 0 Å². The molecule has 0 amide bonds. The fraction of sp³-hybridized carbons (Fsp3) is 0.182. The molecule has 0 saturated carbocycles. The Morgan fingerprint density at radius 2 is 1.72 bits per heavy atom. The highest BCUT2D eigenvalue weighted by Crippen LogP contribution is 2.27. The number of hydrogen-bond donors (Lipinski definition) is 0. The van der Waals surface area contributed by atoms with Gasteiger partial charge < -0.3 is 9.47 Å². The van der Waals surface area contributed by atoms with Gasteiger partial charge in [-0.3, -0.25) is 0 Å². The largest absolute Gasteiger partial charge is 0.497 e. The van der Waals surface area contributed by atoms with Gasteiger partial charge in [0.2, 0.25) is 5.28 Å². The van der Waals surface area contributed by atoms with Crippen molar-refractivity contribution in [2.45, 2.75) is 10.1 Å². The number of hydrogen-bond acceptors (Lipinski definition) is 6. The molecule has 7 heteroatoms. The van der Waals surface area contributed by atoms with Crippen molar-refractivity contribution >= 4 is 23.4 Å². The number of rotatable bonds is 4. The third-order valence-corrected chi connectivity index (χ3v) is 3.06. The quantitative estimate of drug-likeness (QED) is 0.860. The van der Waals surface area contributed by atoms with E-state index in [1.165, 1.54) is 18.9 Å². The van der Waals surface area contributed by atoms with Crippen LogP contribution in [0.5, 0.6) is 11.8 Å². The van der Waals surface area contributed by atoms with Crippen LogP contribution in [0.25, 0.3) is 0 Å². The molecule has 1 aromatic heterocycles. The summed E-state index contributed by atoms with van der Waals surface area (Å²) in [5, 5.41) is 0.592. The van der Waals surface area contributed by atoms with Crippen LogP contribution in [0, 0.1) is 0 Å². The van der Waals surface area contributed by atoms with Crippen LogP contribution in [-0.2, 0) is 0 Å². The van der Waals surface area contributed by atoms with Crippen LogP contribution in [0.3, 0.4) is 0 Å².